The zero-order valence-electron chi connectivity index (χ0n) is 18.4. The van der Waals surface area contributed by atoms with Crippen molar-refractivity contribution in [2.45, 2.75) is 24.7 Å². The van der Waals surface area contributed by atoms with E-state index in [1.165, 1.54) is 0 Å². The van der Waals surface area contributed by atoms with Crippen LogP contribution >= 0.6 is 11.6 Å². The van der Waals surface area contributed by atoms with Gasteiger partial charge in [-0.1, -0.05) is 96.8 Å². The summed E-state index contributed by atoms with van der Waals surface area (Å²) >= 11 is 5.99. The molecule has 1 atom stereocenters. The third-order valence-electron chi connectivity index (χ3n) is 5.82. The van der Waals surface area contributed by atoms with Crippen LogP contribution in [0.15, 0.2) is 103 Å². The van der Waals surface area contributed by atoms with Crippen molar-refractivity contribution in [2.24, 2.45) is 0 Å². The fourth-order valence-electron chi connectivity index (χ4n) is 4.05. The Labute approximate surface area is 200 Å². The van der Waals surface area contributed by atoms with Crippen molar-refractivity contribution in [1.29, 1.82) is 0 Å². The number of alkyl halides is 1. The number of hydrogen-bond donors (Lipinski definition) is 1. The second-order valence-corrected chi connectivity index (χ2v) is 8.39. The molecule has 4 aromatic rings. The zero-order valence-corrected chi connectivity index (χ0v) is 19.2. The molecule has 0 heterocycles. The maximum Gasteiger partial charge on any atom is 0.247 e. The first kappa shape index (κ1) is 22.6. The van der Waals surface area contributed by atoms with Gasteiger partial charge in [-0.25, -0.2) is 0 Å². The van der Waals surface area contributed by atoms with Crippen molar-refractivity contribution < 1.29 is 4.79 Å². The Hall–Kier alpha value is -3.54. The highest BCUT2D eigenvalue weighted by molar-refractivity contribution is 6.17. The van der Waals surface area contributed by atoms with Crippen molar-refractivity contribution in [3.05, 3.63) is 114 Å². The van der Waals surface area contributed by atoms with Crippen LogP contribution in [0.3, 0.4) is 0 Å². The molecule has 164 valence electrons. The molecular formula is C30H26ClNO. The first-order chi connectivity index (χ1) is 16.2. The monoisotopic (exact) mass is 451 g/mol. The third kappa shape index (κ3) is 5.28. The van der Waals surface area contributed by atoms with E-state index in [0.717, 1.165) is 40.4 Å². The van der Waals surface area contributed by atoms with Crippen LogP contribution in [0.5, 0.6) is 0 Å². The lowest BCUT2D eigenvalue weighted by Crippen LogP contribution is -2.39. The second kappa shape index (κ2) is 10.9. The topological polar surface area (TPSA) is 29.1 Å². The Morgan fingerprint density at radius 3 is 2.21 bits per heavy atom. The number of amides is 1. The van der Waals surface area contributed by atoms with Gasteiger partial charge in [-0.05, 0) is 48.4 Å². The summed E-state index contributed by atoms with van der Waals surface area (Å²) < 4.78 is 0. The predicted molar refractivity (Wildman–Crippen MR) is 139 cm³/mol. The number of anilines is 1. The number of fused-ring (bicyclic) bond motifs is 1. The van der Waals surface area contributed by atoms with Crippen LogP contribution in [0.4, 0.5) is 5.69 Å². The van der Waals surface area contributed by atoms with E-state index in [0.29, 0.717) is 12.3 Å². The van der Waals surface area contributed by atoms with E-state index >= 15 is 0 Å². The van der Waals surface area contributed by atoms with E-state index in [-0.39, 0.29) is 5.91 Å². The maximum absolute atomic E-state index is 14.0. The summed E-state index contributed by atoms with van der Waals surface area (Å²) in [5.74, 6) is 7.09. The highest BCUT2D eigenvalue weighted by Crippen LogP contribution is 2.33. The number of rotatable bonds is 7. The number of benzene rings is 4. The van der Waals surface area contributed by atoms with Crippen LogP contribution in [-0.2, 0) is 10.2 Å². The minimum Gasteiger partial charge on any atom is -0.324 e. The molecule has 4 rings (SSSR count). The molecule has 0 saturated heterocycles. The molecular weight excluding hydrogens is 426 g/mol. The lowest BCUT2D eigenvalue weighted by Gasteiger charge is -2.28. The van der Waals surface area contributed by atoms with Gasteiger partial charge in [-0.15, -0.1) is 11.6 Å². The van der Waals surface area contributed by atoms with Crippen molar-refractivity contribution in [3.63, 3.8) is 0 Å². The number of carbonyl (C=O) groups is 1. The summed E-state index contributed by atoms with van der Waals surface area (Å²) in [6, 6.07) is 33.7. The first-order valence-corrected chi connectivity index (χ1v) is 11.8. The molecule has 0 radical (unpaired) electrons. The summed E-state index contributed by atoms with van der Waals surface area (Å²) in [5, 5.41) is 5.30. The molecule has 0 bridgehead atoms. The largest absolute Gasteiger partial charge is 0.324 e. The summed E-state index contributed by atoms with van der Waals surface area (Å²) in [6.07, 6.45) is 2.20. The Morgan fingerprint density at radius 1 is 0.788 bits per heavy atom. The van der Waals surface area contributed by atoms with Gasteiger partial charge in [0.2, 0.25) is 5.91 Å². The first-order valence-electron chi connectivity index (χ1n) is 11.2. The standard InChI is InChI=1S/C30H26ClNO/c31-23-10-9-21-30(26-16-5-2-6-17-26,22-20-24-12-3-1-4-13-24)29(33)32-28-19-11-15-25-14-7-8-18-27(25)28/h1-8,11-19H,9-10,21,23H2,(H,32,33)/t30-/m1/s1. The van der Waals surface area contributed by atoms with Crippen LogP contribution < -0.4 is 5.32 Å². The number of nitrogens with one attached hydrogen (secondary N) is 1. The van der Waals surface area contributed by atoms with E-state index in [4.69, 9.17) is 11.6 Å². The average molecular weight is 452 g/mol. The molecule has 4 aromatic carbocycles. The normalized spacial score (nSPS) is 12.4. The zero-order chi connectivity index (χ0) is 22.9. The molecule has 1 N–H and O–H groups in total. The van der Waals surface area contributed by atoms with Crippen LogP contribution in [0.1, 0.15) is 30.4 Å². The molecule has 3 heteroatoms. The highest BCUT2D eigenvalue weighted by Gasteiger charge is 2.38. The van der Waals surface area contributed by atoms with Gasteiger partial charge in [0.05, 0.1) is 0 Å². The van der Waals surface area contributed by atoms with Crippen LogP contribution in [0.25, 0.3) is 10.8 Å². The van der Waals surface area contributed by atoms with E-state index in [9.17, 15) is 4.79 Å². The fourth-order valence-corrected chi connectivity index (χ4v) is 4.24. The van der Waals surface area contributed by atoms with Gasteiger partial charge in [0, 0.05) is 22.5 Å². The minimum absolute atomic E-state index is 0.122. The molecule has 0 spiro atoms. The lowest BCUT2D eigenvalue weighted by atomic mass is 9.75. The van der Waals surface area contributed by atoms with E-state index in [1.807, 2.05) is 103 Å². The number of halogens is 1. The van der Waals surface area contributed by atoms with Gasteiger partial charge in [-0.2, -0.15) is 0 Å². The van der Waals surface area contributed by atoms with Gasteiger partial charge in [0.25, 0.3) is 0 Å². The fraction of sp³-hybridized carbons (Fsp3) is 0.167. The molecule has 0 unspecified atom stereocenters. The van der Waals surface area contributed by atoms with Gasteiger partial charge in [0.15, 0.2) is 0 Å². The average Bonchev–Trinajstić information content (AvgIpc) is 2.87. The summed E-state index contributed by atoms with van der Waals surface area (Å²) in [6.45, 7) is 0. The third-order valence-corrected chi connectivity index (χ3v) is 6.09. The van der Waals surface area contributed by atoms with Crippen LogP contribution in [0, 0.1) is 11.8 Å². The number of hydrogen-bond acceptors (Lipinski definition) is 1. The van der Waals surface area contributed by atoms with Gasteiger partial charge >= 0.3 is 0 Å². The molecule has 0 aromatic heterocycles. The van der Waals surface area contributed by atoms with Crippen molar-refractivity contribution in [2.75, 3.05) is 11.2 Å². The van der Waals surface area contributed by atoms with Gasteiger partial charge in [-0.3, -0.25) is 4.79 Å². The lowest BCUT2D eigenvalue weighted by molar-refractivity contribution is -0.120. The Kier molecular flexibility index (Phi) is 7.45. The molecule has 0 aliphatic heterocycles. The van der Waals surface area contributed by atoms with Crippen LogP contribution in [0.2, 0.25) is 0 Å². The molecule has 33 heavy (non-hydrogen) atoms. The van der Waals surface area contributed by atoms with Crippen molar-refractivity contribution in [1.82, 2.24) is 0 Å². The summed E-state index contributed by atoms with van der Waals surface area (Å²) in [4.78, 5) is 14.0. The smallest absolute Gasteiger partial charge is 0.247 e. The van der Waals surface area contributed by atoms with Crippen LogP contribution in [-0.4, -0.2) is 11.8 Å². The molecule has 2 nitrogen and oxygen atoms in total. The molecule has 0 fully saturated rings. The molecule has 1 amide bonds. The maximum atomic E-state index is 14.0. The predicted octanol–water partition coefficient (Wildman–Crippen LogP) is 7.18. The molecule has 0 aliphatic rings. The summed E-state index contributed by atoms with van der Waals surface area (Å²) in [5.41, 5.74) is 1.56. The molecule has 0 saturated carbocycles. The van der Waals surface area contributed by atoms with Gasteiger partial charge in [0.1, 0.15) is 5.41 Å². The number of carbonyl (C=O) groups excluding carboxylic acids is 1. The Balaban J connectivity index is 1.80. The van der Waals surface area contributed by atoms with Crippen molar-refractivity contribution >= 4 is 34.0 Å². The van der Waals surface area contributed by atoms with E-state index < -0.39 is 5.41 Å². The SMILES string of the molecule is O=C(Nc1cccc2ccccc12)[C@@](C#Cc1ccccc1)(CCCCCl)c1ccccc1. The molecule has 0 aliphatic carbocycles. The van der Waals surface area contributed by atoms with Crippen molar-refractivity contribution in [3.8, 4) is 11.8 Å². The number of unbranched alkanes of at least 4 members (excludes halogenated alkanes) is 1. The van der Waals surface area contributed by atoms with Gasteiger partial charge < -0.3 is 5.32 Å². The van der Waals surface area contributed by atoms with E-state index in [1.54, 1.807) is 0 Å². The quantitative estimate of drug-likeness (QED) is 0.180. The van der Waals surface area contributed by atoms with E-state index in [2.05, 4.69) is 17.2 Å². The Bertz CT molecular complexity index is 1270. The Morgan fingerprint density at radius 2 is 1.45 bits per heavy atom. The second-order valence-electron chi connectivity index (χ2n) is 8.01. The minimum atomic E-state index is -1.000. The highest BCUT2D eigenvalue weighted by atomic mass is 35.5. The summed E-state index contributed by atoms with van der Waals surface area (Å²) in [7, 11) is 0.